The molecule has 0 radical (unpaired) electrons. The van der Waals surface area contributed by atoms with Gasteiger partial charge in [-0.15, -0.1) is 0 Å². The number of para-hydroxylation sites is 1. The van der Waals surface area contributed by atoms with Crippen molar-refractivity contribution in [3.8, 4) is 17.2 Å². The molecule has 7 N–H and O–H groups in total. The van der Waals surface area contributed by atoms with Crippen molar-refractivity contribution in [2.24, 2.45) is 4.99 Å². The molecule has 9 rings (SSSR count). The molecule has 0 aromatic heterocycles. The third-order valence-electron chi connectivity index (χ3n) is 12.5. The number of piperidine rings is 1. The SMILES string of the molecule is CN1C(=O)[C@H](NC(=O)Nc2cccc(OCCNC(=O)COCC(=O)N[C@H]3CC[C@@]4(O)C5Cc6ccc(O)c7c6[C@@]4(CCN5)[C@H]3O7)c2)N=C(c2ccccc2)c2ccccc21. The number of urea groups is 1. The number of ether oxygens (including phenoxy) is 3. The molecule has 1 saturated carbocycles. The summed E-state index contributed by atoms with van der Waals surface area (Å²) in [6.45, 7) is 0.223. The fourth-order valence-electron chi connectivity index (χ4n) is 9.88. The second kappa shape index (κ2) is 16.2. The van der Waals surface area contributed by atoms with Crippen LogP contribution in [0.1, 0.15) is 41.5 Å². The summed E-state index contributed by atoms with van der Waals surface area (Å²) in [6.07, 6.45) is 0.398. The molecule has 4 aromatic rings. The van der Waals surface area contributed by atoms with E-state index in [4.69, 9.17) is 19.2 Å². The highest BCUT2D eigenvalue weighted by Gasteiger charge is 2.71. The number of fused-ring (bicyclic) bond motifs is 1. The summed E-state index contributed by atoms with van der Waals surface area (Å²) >= 11 is 0. The van der Waals surface area contributed by atoms with Gasteiger partial charge in [0.1, 0.15) is 31.7 Å². The van der Waals surface area contributed by atoms with Gasteiger partial charge in [-0.2, -0.15) is 0 Å². The smallest absolute Gasteiger partial charge is 0.321 e. The first-order chi connectivity index (χ1) is 29.6. The standard InChI is InChI=1S/C45H47N7O9/c1-52-32-13-6-5-12-30(32)38(26-8-3-2-4-9-26)50-41(42(52)56)51-43(57)48-28-10-7-11-29(23-28)60-21-20-47-35(54)24-59-25-36(55)49-31-16-17-45(58)34-22-27-14-15-33(53)39-37(27)44(45,18-19-46-34)40(31)61-39/h2-15,23,31,34,40-41,46,53,58H,16-22,24-25H2,1H3,(H,47,54)(H,49,55)(H2,48,51,57)/t31-,34?,40-,41-,44-,45+/m0/s1. The topological polar surface area (TPSA) is 212 Å². The monoisotopic (exact) mass is 829 g/mol. The van der Waals surface area contributed by atoms with E-state index in [0.29, 0.717) is 60.8 Å². The van der Waals surface area contributed by atoms with Crippen LogP contribution in [0, 0.1) is 0 Å². The van der Waals surface area contributed by atoms with Crippen molar-refractivity contribution >= 4 is 40.8 Å². The molecular weight excluding hydrogens is 783 g/mol. The lowest BCUT2D eigenvalue weighted by Gasteiger charge is -2.61. The first-order valence-corrected chi connectivity index (χ1v) is 20.5. The van der Waals surface area contributed by atoms with Crippen molar-refractivity contribution in [2.45, 2.75) is 61.1 Å². The number of likely N-dealkylation sites (N-methyl/N-ethyl adjacent to an activating group) is 1. The number of carbonyl (C=O) groups excluding carboxylic acids is 4. The minimum Gasteiger partial charge on any atom is -0.504 e. The number of aromatic hydroxyl groups is 1. The van der Waals surface area contributed by atoms with Gasteiger partial charge < -0.3 is 55.9 Å². The van der Waals surface area contributed by atoms with E-state index in [1.807, 2.05) is 60.7 Å². The van der Waals surface area contributed by atoms with Gasteiger partial charge in [0.25, 0.3) is 5.91 Å². The third kappa shape index (κ3) is 7.19. The molecule has 316 valence electrons. The lowest BCUT2D eigenvalue weighted by Crippen LogP contribution is -2.77. The van der Waals surface area contributed by atoms with Gasteiger partial charge in [-0.1, -0.05) is 60.7 Å². The number of nitrogens with zero attached hydrogens (tertiary/aromatic N) is 2. The van der Waals surface area contributed by atoms with E-state index in [2.05, 4.69) is 26.6 Å². The second-order valence-corrected chi connectivity index (χ2v) is 16.0. The number of aliphatic imine (C=N–C) groups is 1. The Morgan fingerprint density at radius 3 is 2.62 bits per heavy atom. The fraction of sp³-hybridized carbons (Fsp3) is 0.356. The molecule has 5 amide bonds. The number of carbonyl (C=O) groups is 4. The highest BCUT2D eigenvalue weighted by atomic mass is 16.5. The summed E-state index contributed by atoms with van der Waals surface area (Å²) in [5.74, 6) is -0.413. The average molecular weight is 830 g/mol. The molecule has 16 nitrogen and oxygen atoms in total. The van der Waals surface area contributed by atoms with E-state index in [9.17, 15) is 29.4 Å². The van der Waals surface area contributed by atoms with Crippen LogP contribution < -0.4 is 41.0 Å². The molecule has 4 aromatic carbocycles. The number of rotatable bonds is 12. The molecule has 2 aliphatic carbocycles. The third-order valence-corrected chi connectivity index (χ3v) is 12.5. The number of amides is 5. The Balaban J connectivity index is 0.728. The molecule has 61 heavy (non-hydrogen) atoms. The van der Waals surface area contributed by atoms with Crippen molar-refractivity contribution in [3.05, 3.63) is 113 Å². The van der Waals surface area contributed by atoms with Crippen LogP contribution in [0.15, 0.2) is 96.0 Å². The van der Waals surface area contributed by atoms with E-state index in [0.717, 1.165) is 22.3 Å². The first-order valence-electron chi connectivity index (χ1n) is 20.5. The summed E-state index contributed by atoms with van der Waals surface area (Å²) in [7, 11) is 1.65. The van der Waals surface area contributed by atoms with Gasteiger partial charge in [-0.05, 0) is 62.1 Å². The van der Waals surface area contributed by atoms with Crippen molar-refractivity contribution in [1.29, 1.82) is 0 Å². The van der Waals surface area contributed by atoms with Gasteiger partial charge in [0.2, 0.25) is 18.0 Å². The maximum atomic E-state index is 13.5. The highest BCUT2D eigenvalue weighted by Crippen LogP contribution is 2.64. The van der Waals surface area contributed by atoms with Crippen LogP contribution in [0.25, 0.3) is 0 Å². The molecule has 1 saturated heterocycles. The van der Waals surface area contributed by atoms with E-state index in [1.165, 1.54) is 4.90 Å². The van der Waals surface area contributed by atoms with Gasteiger partial charge in [0.15, 0.2) is 11.5 Å². The number of phenolic OH excluding ortho intramolecular Hbond substituents is 1. The van der Waals surface area contributed by atoms with Crippen LogP contribution in [-0.4, -0.2) is 110 Å². The normalized spacial score (nSPS) is 25.4. The Bertz CT molecular complexity index is 2410. The molecule has 1 spiro atoms. The summed E-state index contributed by atoms with van der Waals surface area (Å²) in [5.41, 5.74) is 3.28. The fourth-order valence-corrected chi connectivity index (χ4v) is 9.88. The molecule has 3 aliphatic heterocycles. The van der Waals surface area contributed by atoms with E-state index < -0.39 is 53.1 Å². The molecule has 16 heteroatoms. The summed E-state index contributed by atoms with van der Waals surface area (Å²) in [4.78, 5) is 58.5. The minimum atomic E-state index is -1.20. The van der Waals surface area contributed by atoms with Crippen molar-refractivity contribution in [1.82, 2.24) is 21.3 Å². The van der Waals surface area contributed by atoms with E-state index in [-0.39, 0.29) is 38.2 Å². The van der Waals surface area contributed by atoms with Gasteiger partial charge >= 0.3 is 6.03 Å². The molecule has 1 unspecified atom stereocenters. The van der Waals surface area contributed by atoms with Crippen LogP contribution in [-0.2, 0) is 31.0 Å². The van der Waals surface area contributed by atoms with Crippen molar-refractivity contribution < 1.29 is 43.6 Å². The number of benzodiazepines with no additional fused rings is 1. The van der Waals surface area contributed by atoms with Crippen molar-refractivity contribution in [3.63, 3.8) is 0 Å². The largest absolute Gasteiger partial charge is 0.504 e. The number of nitrogens with one attached hydrogen (secondary N) is 5. The van der Waals surface area contributed by atoms with Crippen LogP contribution in [0.2, 0.25) is 0 Å². The Morgan fingerprint density at radius 1 is 0.967 bits per heavy atom. The molecule has 2 fully saturated rings. The Hall–Kier alpha value is -6.49. The van der Waals surface area contributed by atoms with E-state index >= 15 is 0 Å². The number of anilines is 2. The number of aliphatic hydroxyl groups is 1. The minimum absolute atomic E-state index is 0.0243. The predicted octanol–water partition coefficient (Wildman–Crippen LogP) is 2.49. The number of phenols is 1. The zero-order valence-corrected chi connectivity index (χ0v) is 33.5. The Morgan fingerprint density at radius 2 is 1.77 bits per heavy atom. The lowest BCUT2D eigenvalue weighted by atomic mass is 9.49. The van der Waals surface area contributed by atoms with Gasteiger partial charge in [-0.3, -0.25) is 14.4 Å². The number of hydrogen-bond donors (Lipinski definition) is 7. The zero-order valence-electron chi connectivity index (χ0n) is 33.5. The summed E-state index contributed by atoms with van der Waals surface area (Å²) in [5, 5.41) is 37.5. The first kappa shape index (κ1) is 39.9. The number of hydrogen-bond acceptors (Lipinski definition) is 11. The maximum absolute atomic E-state index is 13.5. The molecular formula is C45H47N7O9. The number of benzene rings is 4. The lowest BCUT2D eigenvalue weighted by molar-refractivity contribution is -0.161. The Labute approximate surface area is 351 Å². The van der Waals surface area contributed by atoms with Gasteiger partial charge in [0.05, 0.1) is 35.0 Å². The predicted molar refractivity (Wildman–Crippen MR) is 224 cm³/mol. The van der Waals surface area contributed by atoms with Gasteiger partial charge in [-0.25, -0.2) is 9.79 Å². The van der Waals surface area contributed by atoms with Crippen LogP contribution in [0.5, 0.6) is 17.2 Å². The quantitative estimate of drug-likeness (QED) is 0.104. The van der Waals surface area contributed by atoms with Crippen molar-refractivity contribution in [2.75, 3.05) is 50.2 Å². The molecule has 5 aliphatic rings. The Kier molecular flexibility index (Phi) is 10.6. The molecule has 3 heterocycles. The highest BCUT2D eigenvalue weighted by molar-refractivity contribution is 6.20. The average Bonchev–Trinajstić information content (AvgIpc) is 3.57. The van der Waals surface area contributed by atoms with Gasteiger partial charge in [0, 0.05) is 41.5 Å². The second-order valence-electron chi connectivity index (χ2n) is 16.0. The summed E-state index contributed by atoms with van der Waals surface area (Å²) < 4.78 is 17.6. The molecule has 6 atom stereocenters. The maximum Gasteiger partial charge on any atom is 0.321 e. The molecule has 2 bridgehead atoms. The van der Waals surface area contributed by atoms with Crippen LogP contribution in [0.3, 0.4) is 0 Å². The zero-order chi connectivity index (χ0) is 42.3. The van der Waals surface area contributed by atoms with Crippen LogP contribution in [0.4, 0.5) is 16.2 Å². The van der Waals surface area contributed by atoms with E-state index in [1.54, 1.807) is 37.4 Å². The summed E-state index contributed by atoms with van der Waals surface area (Å²) in [6, 6.07) is 25.9. The van der Waals surface area contributed by atoms with Crippen LogP contribution >= 0.6 is 0 Å².